The van der Waals surface area contributed by atoms with Crippen molar-refractivity contribution in [2.75, 3.05) is 11.9 Å². The number of carbonyl (C=O) groups is 1. The van der Waals surface area contributed by atoms with Crippen LogP contribution in [0.3, 0.4) is 0 Å². The van der Waals surface area contributed by atoms with Gasteiger partial charge in [0.15, 0.2) is 0 Å². The molecule has 0 radical (unpaired) electrons. The number of amides is 1. The molecule has 0 unspecified atom stereocenters. The largest absolute Gasteiger partial charge is 0.322 e. The van der Waals surface area contributed by atoms with E-state index < -0.39 is 10.0 Å². The molecular weight excluding hydrogens is 473 g/mol. The van der Waals surface area contributed by atoms with Crippen molar-refractivity contribution in [1.29, 1.82) is 0 Å². The number of amidine groups is 1. The van der Waals surface area contributed by atoms with Crippen molar-refractivity contribution in [3.8, 4) is 10.4 Å². The lowest BCUT2D eigenvalue weighted by molar-refractivity contribution is -0.111. The molecule has 6 nitrogen and oxygen atoms in total. The van der Waals surface area contributed by atoms with Crippen molar-refractivity contribution in [3.05, 3.63) is 77.4 Å². The monoisotopic (exact) mass is 497 g/mol. The maximum absolute atomic E-state index is 13.1. The fourth-order valence-corrected chi connectivity index (χ4v) is 5.52. The molecule has 2 N–H and O–H groups in total. The first-order valence-electron chi connectivity index (χ1n) is 10.9. The van der Waals surface area contributed by atoms with E-state index in [2.05, 4.69) is 15.0 Å². The van der Waals surface area contributed by atoms with Gasteiger partial charge in [-0.15, -0.1) is 11.3 Å². The average molecular weight is 498 g/mol. The van der Waals surface area contributed by atoms with Gasteiger partial charge in [-0.05, 0) is 66.9 Å². The molecule has 4 rings (SSSR count). The normalized spacial score (nSPS) is 14.4. The van der Waals surface area contributed by atoms with E-state index in [4.69, 9.17) is 0 Å². The molecule has 0 atom stereocenters. The summed E-state index contributed by atoms with van der Waals surface area (Å²) in [6, 6.07) is 16.1. The molecule has 0 aliphatic carbocycles. The Morgan fingerprint density at radius 2 is 1.85 bits per heavy atom. The van der Waals surface area contributed by atoms with Gasteiger partial charge in [0.1, 0.15) is 11.7 Å². The van der Waals surface area contributed by atoms with Crippen LogP contribution in [0.1, 0.15) is 30.6 Å². The number of nitrogens with one attached hydrogen (secondary N) is 2. The lowest BCUT2D eigenvalue weighted by Gasteiger charge is -2.11. The van der Waals surface area contributed by atoms with E-state index in [0.29, 0.717) is 24.5 Å². The number of aliphatic imine (C=N–C) groups is 1. The Morgan fingerprint density at radius 3 is 2.68 bits per heavy atom. The van der Waals surface area contributed by atoms with Crippen LogP contribution in [0.2, 0.25) is 0 Å². The first-order valence-corrected chi connectivity index (χ1v) is 13.2. The van der Waals surface area contributed by atoms with Crippen LogP contribution in [0.5, 0.6) is 0 Å². The van der Waals surface area contributed by atoms with Crippen LogP contribution in [-0.2, 0) is 14.8 Å². The van der Waals surface area contributed by atoms with Crippen molar-refractivity contribution in [3.63, 3.8) is 0 Å². The van der Waals surface area contributed by atoms with Gasteiger partial charge in [-0.25, -0.2) is 12.8 Å². The maximum Gasteiger partial charge on any atom is 0.262 e. The molecule has 0 bridgehead atoms. The Hall–Kier alpha value is -3.30. The topological polar surface area (TPSA) is 87.6 Å². The lowest BCUT2D eigenvalue weighted by atomic mass is 10.2. The van der Waals surface area contributed by atoms with Crippen molar-refractivity contribution in [2.45, 2.75) is 30.6 Å². The molecule has 0 saturated carbocycles. The summed E-state index contributed by atoms with van der Waals surface area (Å²) in [5.41, 5.74) is 1.27. The Kier molecular flexibility index (Phi) is 7.54. The number of carbonyl (C=O) groups excluding carboxylic acids is 1. The Bertz CT molecular complexity index is 1330. The van der Waals surface area contributed by atoms with Gasteiger partial charge in [0.05, 0.1) is 4.90 Å². The third kappa shape index (κ3) is 6.39. The highest BCUT2D eigenvalue weighted by molar-refractivity contribution is 7.90. The summed E-state index contributed by atoms with van der Waals surface area (Å²) in [7, 11) is -3.79. The predicted octanol–water partition coefficient (Wildman–Crippen LogP) is 5.46. The number of nitrogens with zero attached hydrogens (tertiary/aromatic N) is 1. The van der Waals surface area contributed by atoms with Gasteiger partial charge < -0.3 is 5.32 Å². The second-order valence-electron chi connectivity index (χ2n) is 7.80. The van der Waals surface area contributed by atoms with Crippen molar-refractivity contribution in [2.24, 2.45) is 4.99 Å². The summed E-state index contributed by atoms with van der Waals surface area (Å²) in [6.45, 7) is 0.621. The summed E-state index contributed by atoms with van der Waals surface area (Å²) in [5.74, 6) is -0.193. The van der Waals surface area contributed by atoms with E-state index in [1.807, 2.05) is 12.1 Å². The minimum absolute atomic E-state index is 0.0587. The third-order valence-electron chi connectivity index (χ3n) is 5.19. The van der Waals surface area contributed by atoms with Gasteiger partial charge in [0, 0.05) is 34.5 Å². The highest BCUT2D eigenvalue weighted by atomic mass is 32.2. The molecule has 9 heteroatoms. The van der Waals surface area contributed by atoms with E-state index in [1.165, 1.54) is 41.7 Å². The van der Waals surface area contributed by atoms with E-state index in [0.717, 1.165) is 34.6 Å². The lowest BCUT2D eigenvalue weighted by Crippen LogP contribution is -2.30. The number of sulfonamides is 1. The molecular formula is C25H24FN3O3S2. The molecule has 1 aliphatic rings. The fraction of sp³-hybridized carbons (Fsp3) is 0.200. The van der Waals surface area contributed by atoms with Gasteiger partial charge in [0.2, 0.25) is 5.91 Å². The second kappa shape index (κ2) is 10.8. The highest BCUT2D eigenvalue weighted by Gasteiger charge is 2.18. The van der Waals surface area contributed by atoms with E-state index in [1.54, 1.807) is 30.3 Å². The summed E-state index contributed by atoms with van der Waals surface area (Å²) in [5, 5.41) is 2.70. The zero-order valence-corrected chi connectivity index (χ0v) is 20.0. The number of rotatable bonds is 6. The molecule has 0 spiro atoms. The molecule has 0 fully saturated rings. The van der Waals surface area contributed by atoms with Crippen LogP contribution in [-0.4, -0.2) is 26.7 Å². The molecule has 3 aromatic rings. The van der Waals surface area contributed by atoms with Crippen LogP contribution >= 0.6 is 11.3 Å². The van der Waals surface area contributed by atoms with Gasteiger partial charge in [-0.3, -0.25) is 14.5 Å². The first-order chi connectivity index (χ1) is 16.4. The SMILES string of the molecule is O=C(/C=C/c1ccc(-c2ccc(F)cc2)s1)Nc1cccc(S(=O)(=O)NC2=NCCCCC2)c1. The summed E-state index contributed by atoms with van der Waals surface area (Å²) >= 11 is 1.48. The second-order valence-corrected chi connectivity index (χ2v) is 10.6. The highest BCUT2D eigenvalue weighted by Crippen LogP contribution is 2.29. The zero-order valence-electron chi connectivity index (χ0n) is 18.3. The van der Waals surface area contributed by atoms with Crippen molar-refractivity contribution < 1.29 is 17.6 Å². The fourth-order valence-electron chi connectivity index (χ4n) is 3.47. The number of benzene rings is 2. The van der Waals surface area contributed by atoms with E-state index in [9.17, 15) is 17.6 Å². The third-order valence-corrected chi connectivity index (χ3v) is 7.67. The number of thiophene rings is 1. The molecule has 2 aromatic carbocycles. The van der Waals surface area contributed by atoms with Crippen LogP contribution < -0.4 is 10.0 Å². The van der Waals surface area contributed by atoms with Gasteiger partial charge >= 0.3 is 0 Å². The van der Waals surface area contributed by atoms with Gasteiger partial charge in [-0.2, -0.15) is 0 Å². The Labute approximate surface area is 202 Å². The average Bonchev–Trinajstić information content (AvgIpc) is 3.15. The smallest absolute Gasteiger partial charge is 0.262 e. The van der Waals surface area contributed by atoms with Gasteiger partial charge in [-0.1, -0.05) is 24.6 Å². The minimum Gasteiger partial charge on any atom is -0.322 e. The van der Waals surface area contributed by atoms with E-state index >= 15 is 0 Å². The van der Waals surface area contributed by atoms with Gasteiger partial charge in [0.25, 0.3) is 10.0 Å². The van der Waals surface area contributed by atoms with E-state index in [-0.39, 0.29) is 16.6 Å². The number of halogens is 1. The van der Waals surface area contributed by atoms with Crippen molar-refractivity contribution in [1.82, 2.24) is 4.72 Å². The van der Waals surface area contributed by atoms with Crippen LogP contribution in [0.15, 0.2) is 76.6 Å². The zero-order chi connectivity index (χ0) is 24.0. The molecule has 1 aliphatic heterocycles. The maximum atomic E-state index is 13.1. The molecule has 0 saturated heterocycles. The molecule has 34 heavy (non-hydrogen) atoms. The number of anilines is 1. The summed E-state index contributed by atoms with van der Waals surface area (Å²) in [6.07, 6.45) is 6.56. The Balaban J connectivity index is 1.40. The number of hydrogen-bond acceptors (Lipinski definition) is 5. The van der Waals surface area contributed by atoms with Crippen LogP contribution in [0.4, 0.5) is 10.1 Å². The number of hydrogen-bond donors (Lipinski definition) is 2. The van der Waals surface area contributed by atoms with Crippen molar-refractivity contribution >= 4 is 44.9 Å². The summed E-state index contributed by atoms with van der Waals surface area (Å²) < 4.78 is 41.2. The Morgan fingerprint density at radius 1 is 1.03 bits per heavy atom. The molecule has 176 valence electrons. The molecule has 2 heterocycles. The van der Waals surface area contributed by atoms with Crippen LogP contribution in [0.25, 0.3) is 16.5 Å². The quantitative estimate of drug-likeness (QED) is 0.444. The van der Waals surface area contributed by atoms with Crippen LogP contribution in [0, 0.1) is 5.82 Å². The molecule has 1 amide bonds. The minimum atomic E-state index is -3.79. The first kappa shape index (κ1) is 23.8. The standard InChI is InChI=1S/C25H24FN3O3S2/c26-19-10-8-18(9-11-19)23-14-12-21(33-23)13-15-25(30)28-20-5-4-6-22(17-20)34(31,32)29-24-7-2-1-3-16-27-24/h4-6,8-15,17H,1-3,7,16H2,(H,27,29)(H,28,30)/b15-13+. The molecule has 1 aromatic heterocycles. The predicted molar refractivity (Wildman–Crippen MR) is 135 cm³/mol. The summed E-state index contributed by atoms with van der Waals surface area (Å²) in [4.78, 5) is 18.6.